The Kier molecular flexibility index (Phi) is 6.26. The fraction of sp³-hybridized carbons (Fsp3) is 0.583. The van der Waals surface area contributed by atoms with Crippen LogP contribution >= 0.6 is 22.6 Å². The molecule has 2 N–H and O–H groups in total. The van der Waals surface area contributed by atoms with E-state index in [0.29, 0.717) is 6.54 Å². The Balaban J connectivity index is 2.15. The summed E-state index contributed by atoms with van der Waals surface area (Å²) < 4.78 is 6.10. The molecule has 0 saturated carbocycles. The summed E-state index contributed by atoms with van der Waals surface area (Å²) >= 11 is 2.17. The second-order valence-electron chi connectivity index (χ2n) is 4.93. The van der Waals surface area contributed by atoms with Crippen LogP contribution in [0.3, 0.4) is 0 Å². The third-order valence-electron chi connectivity index (χ3n) is 1.98. The van der Waals surface area contributed by atoms with Gasteiger partial charge in [0.15, 0.2) is 0 Å². The molecular formula is C12H19IN4O2. The van der Waals surface area contributed by atoms with Crippen LogP contribution < -0.4 is 10.6 Å². The number of alkyl carbamates (subject to hydrolysis) is 1. The second-order valence-corrected chi connectivity index (χ2v) is 6.09. The third-order valence-corrected chi connectivity index (χ3v) is 2.77. The van der Waals surface area contributed by atoms with Crippen molar-refractivity contribution in [1.82, 2.24) is 15.3 Å². The molecule has 106 valence electrons. The number of anilines is 1. The molecule has 19 heavy (non-hydrogen) atoms. The molecule has 1 aromatic rings. The number of hydrogen-bond acceptors (Lipinski definition) is 5. The van der Waals surface area contributed by atoms with Gasteiger partial charge in [0, 0.05) is 19.3 Å². The number of hydrogen-bond donors (Lipinski definition) is 2. The number of rotatable bonds is 5. The molecule has 0 atom stereocenters. The maximum absolute atomic E-state index is 11.4. The Morgan fingerprint density at radius 3 is 2.79 bits per heavy atom. The molecule has 0 aliphatic carbocycles. The van der Waals surface area contributed by atoms with E-state index in [1.807, 2.05) is 20.8 Å². The highest BCUT2D eigenvalue weighted by atomic mass is 127. The van der Waals surface area contributed by atoms with Gasteiger partial charge in [-0.05, 0) is 49.8 Å². The molecule has 0 unspecified atom stereocenters. The highest BCUT2D eigenvalue weighted by Crippen LogP contribution is 2.11. The molecule has 0 saturated heterocycles. The molecule has 1 aromatic heterocycles. The van der Waals surface area contributed by atoms with Crippen LogP contribution in [0.15, 0.2) is 12.5 Å². The lowest BCUT2D eigenvalue weighted by Gasteiger charge is -2.19. The van der Waals surface area contributed by atoms with Crippen molar-refractivity contribution in [3.05, 3.63) is 16.1 Å². The Morgan fingerprint density at radius 2 is 2.16 bits per heavy atom. The quantitative estimate of drug-likeness (QED) is 0.608. The molecule has 0 spiro atoms. The lowest BCUT2D eigenvalue weighted by molar-refractivity contribution is 0.0528. The first kappa shape index (κ1) is 15.9. The van der Waals surface area contributed by atoms with Crippen LogP contribution in [0, 0.1) is 3.57 Å². The van der Waals surface area contributed by atoms with Crippen molar-refractivity contribution in [2.75, 3.05) is 18.4 Å². The SMILES string of the molecule is CC(C)(C)OC(=O)NCCCNc1ncncc1I. The normalized spacial score (nSPS) is 10.9. The first-order valence-electron chi connectivity index (χ1n) is 6.05. The van der Waals surface area contributed by atoms with E-state index in [1.165, 1.54) is 6.33 Å². The van der Waals surface area contributed by atoms with E-state index in [2.05, 4.69) is 43.2 Å². The summed E-state index contributed by atoms with van der Waals surface area (Å²) in [5, 5.41) is 5.89. The van der Waals surface area contributed by atoms with Crippen LogP contribution in [0.1, 0.15) is 27.2 Å². The van der Waals surface area contributed by atoms with Gasteiger partial charge in [-0.15, -0.1) is 0 Å². The van der Waals surface area contributed by atoms with Crippen LogP contribution in [0.5, 0.6) is 0 Å². The maximum atomic E-state index is 11.4. The van der Waals surface area contributed by atoms with Crippen LogP contribution in [-0.2, 0) is 4.74 Å². The van der Waals surface area contributed by atoms with Crippen molar-refractivity contribution in [2.24, 2.45) is 0 Å². The monoisotopic (exact) mass is 378 g/mol. The maximum Gasteiger partial charge on any atom is 0.407 e. The van der Waals surface area contributed by atoms with Crippen molar-refractivity contribution < 1.29 is 9.53 Å². The van der Waals surface area contributed by atoms with E-state index >= 15 is 0 Å². The largest absolute Gasteiger partial charge is 0.444 e. The van der Waals surface area contributed by atoms with Crippen molar-refractivity contribution in [3.8, 4) is 0 Å². The minimum absolute atomic E-state index is 0.385. The Hall–Kier alpha value is -1.12. The van der Waals surface area contributed by atoms with Crippen molar-refractivity contribution in [2.45, 2.75) is 32.8 Å². The van der Waals surface area contributed by atoms with Gasteiger partial charge in [0.05, 0.1) is 3.57 Å². The zero-order chi connectivity index (χ0) is 14.3. The zero-order valence-electron chi connectivity index (χ0n) is 11.4. The van der Waals surface area contributed by atoms with E-state index in [9.17, 15) is 4.79 Å². The molecule has 0 aliphatic heterocycles. The highest BCUT2D eigenvalue weighted by molar-refractivity contribution is 14.1. The Morgan fingerprint density at radius 1 is 1.42 bits per heavy atom. The summed E-state index contributed by atoms with van der Waals surface area (Å²) in [5.74, 6) is 0.813. The topological polar surface area (TPSA) is 76.1 Å². The lowest BCUT2D eigenvalue weighted by Crippen LogP contribution is -2.33. The molecule has 0 aliphatic rings. The number of aromatic nitrogens is 2. The first-order valence-corrected chi connectivity index (χ1v) is 7.12. The number of halogens is 1. The Bertz CT molecular complexity index is 420. The van der Waals surface area contributed by atoms with Crippen LogP contribution in [-0.4, -0.2) is 34.8 Å². The summed E-state index contributed by atoms with van der Waals surface area (Å²) in [6, 6.07) is 0. The van der Waals surface area contributed by atoms with Gasteiger partial charge < -0.3 is 15.4 Å². The highest BCUT2D eigenvalue weighted by Gasteiger charge is 2.15. The molecule has 0 fully saturated rings. The summed E-state index contributed by atoms with van der Waals surface area (Å²) in [6.07, 6.45) is 3.65. The number of nitrogens with zero attached hydrogens (tertiary/aromatic N) is 2. The number of ether oxygens (including phenoxy) is 1. The molecule has 6 nitrogen and oxygen atoms in total. The molecule has 1 rings (SSSR count). The smallest absolute Gasteiger partial charge is 0.407 e. The molecule has 7 heteroatoms. The third kappa shape index (κ3) is 7.14. The fourth-order valence-electron chi connectivity index (χ4n) is 1.24. The molecular weight excluding hydrogens is 359 g/mol. The summed E-state index contributed by atoms with van der Waals surface area (Å²) in [7, 11) is 0. The number of nitrogens with one attached hydrogen (secondary N) is 2. The van der Waals surface area contributed by atoms with Crippen LogP contribution in [0.25, 0.3) is 0 Å². The minimum Gasteiger partial charge on any atom is -0.444 e. The van der Waals surface area contributed by atoms with Gasteiger partial charge in [0.2, 0.25) is 0 Å². The summed E-state index contributed by atoms with van der Waals surface area (Å²) in [6.45, 7) is 6.80. The average molecular weight is 378 g/mol. The lowest BCUT2D eigenvalue weighted by atomic mass is 10.2. The van der Waals surface area contributed by atoms with E-state index in [-0.39, 0.29) is 6.09 Å². The van der Waals surface area contributed by atoms with Gasteiger partial charge in [-0.25, -0.2) is 14.8 Å². The van der Waals surface area contributed by atoms with Gasteiger partial charge in [-0.1, -0.05) is 0 Å². The molecule has 0 aromatic carbocycles. The predicted molar refractivity (Wildman–Crippen MR) is 82.1 cm³/mol. The first-order chi connectivity index (χ1) is 8.88. The molecule has 0 bridgehead atoms. The molecule has 1 heterocycles. The van der Waals surface area contributed by atoms with Gasteiger partial charge >= 0.3 is 6.09 Å². The van der Waals surface area contributed by atoms with Crippen molar-refractivity contribution >= 4 is 34.5 Å². The van der Waals surface area contributed by atoms with Crippen molar-refractivity contribution in [3.63, 3.8) is 0 Å². The summed E-state index contributed by atoms with van der Waals surface area (Å²) in [4.78, 5) is 19.4. The number of carbonyl (C=O) groups excluding carboxylic acids is 1. The average Bonchev–Trinajstić information content (AvgIpc) is 2.28. The van der Waals surface area contributed by atoms with Gasteiger partial charge in [0.25, 0.3) is 0 Å². The Labute approximate surface area is 126 Å². The standard InChI is InChI=1S/C12H19IN4O2/c1-12(2,3)19-11(18)16-6-4-5-15-10-9(13)7-14-8-17-10/h7-8H,4-6H2,1-3H3,(H,16,18)(H,14,15,17). The predicted octanol–water partition coefficient (Wildman–Crippen LogP) is 2.41. The zero-order valence-corrected chi connectivity index (χ0v) is 13.5. The van der Waals surface area contributed by atoms with E-state index < -0.39 is 5.60 Å². The van der Waals surface area contributed by atoms with Crippen LogP contribution in [0.2, 0.25) is 0 Å². The van der Waals surface area contributed by atoms with Crippen molar-refractivity contribution in [1.29, 1.82) is 0 Å². The fourth-order valence-corrected chi connectivity index (χ4v) is 1.73. The molecule has 0 radical (unpaired) electrons. The minimum atomic E-state index is -0.459. The van der Waals surface area contributed by atoms with E-state index in [1.54, 1.807) is 6.20 Å². The van der Waals surface area contributed by atoms with E-state index in [4.69, 9.17) is 4.74 Å². The second kappa shape index (κ2) is 7.46. The van der Waals surface area contributed by atoms with Gasteiger partial charge in [0.1, 0.15) is 17.7 Å². The molecule has 1 amide bonds. The number of carbonyl (C=O) groups is 1. The van der Waals surface area contributed by atoms with Gasteiger partial charge in [-0.3, -0.25) is 0 Å². The van der Waals surface area contributed by atoms with Gasteiger partial charge in [-0.2, -0.15) is 0 Å². The number of amides is 1. The summed E-state index contributed by atoms with van der Waals surface area (Å²) in [5.41, 5.74) is -0.459. The van der Waals surface area contributed by atoms with E-state index in [0.717, 1.165) is 22.4 Å². The van der Waals surface area contributed by atoms with Crippen LogP contribution in [0.4, 0.5) is 10.6 Å².